The molecule has 0 amide bonds. The molecule has 3 nitrogen and oxygen atoms in total. The molecule has 0 bridgehead atoms. The molecule has 1 aromatic rings. The summed E-state index contributed by atoms with van der Waals surface area (Å²) in [7, 11) is 0. The fourth-order valence-corrected chi connectivity index (χ4v) is 2.46. The lowest BCUT2D eigenvalue weighted by atomic mass is 9.97. The minimum atomic E-state index is -0.276. The zero-order valence-corrected chi connectivity index (χ0v) is 11.0. The van der Waals surface area contributed by atoms with E-state index in [1.54, 1.807) is 12.1 Å². The van der Waals surface area contributed by atoms with E-state index in [4.69, 9.17) is 5.11 Å². The van der Waals surface area contributed by atoms with Crippen LogP contribution in [-0.4, -0.2) is 42.0 Å². The number of hydrogen-bond acceptors (Lipinski definition) is 3. The van der Waals surface area contributed by atoms with Crippen molar-refractivity contribution in [2.45, 2.75) is 19.3 Å². The standard InChI is InChI=1S/C15H20FNO2/c16-14-3-1-12(2-4-14)9-15(19)10-17-7-5-13(11-18)6-8-17/h1-4,13,18H,5-11H2. The van der Waals surface area contributed by atoms with Crippen LogP contribution in [0.5, 0.6) is 0 Å². The summed E-state index contributed by atoms with van der Waals surface area (Å²) in [6.45, 7) is 2.45. The van der Waals surface area contributed by atoms with Gasteiger partial charge in [0.05, 0.1) is 6.54 Å². The summed E-state index contributed by atoms with van der Waals surface area (Å²) in [5, 5.41) is 9.06. The van der Waals surface area contributed by atoms with Crippen LogP contribution < -0.4 is 0 Å². The summed E-state index contributed by atoms with van der Waals surface area (Å²) < 4.78 is 12.8. The first-order valence-electron chi connectivity index (χ1n) is 6.76. The Labute approximate surface area is 113 Å². The monoisotopic (exact) mass is 265 g/mol. The molecular weight excluding hydrogens is 245 g/mol. The van der Waals surface area contributed by atoms with E-state index in [1.807, 2.05) is 0 Å². The highest BCUT2D eigenvalue weighted by Gasteiger charge is 2.20. The van der Waals surface area contributed by atoms with Crippen molar-refractivity contribution >= 4 is 5.78 Å². The van der Waals surface area contributed by atoms with Crippen LogP contribution >= 0.6 is 0 Å². The van der Waals surface area contributed by atoms with Gasteiger partial charge in [-0.3, -0.25) is 9.69 Å². The van der Waals surface area contributed by atoms with E-state index in [9.17, 15) is 9.18 Å². The summed E-state index contributed by atoms with van der Waals surface area (Å²) in [6, 6.07) is 6.08. The van der Waals surface area contributed by atoms with Crippen LogP contribution in [0.25, 0.3) is 0 Å². The van der Waals surface area contributed by atoms with E-state index in [2.05, 4.69) is 4.90 Å². The minimum absolute atomic E-state index is 0.161. The molecule has 0 spiro atoms. The molecule has 104 valence electrons. The van der Waals surface area contributed by atoms with Crippen LogP contribution in [0.4, 0.5) is 4.39 Å². The van der Waals surface area contributed by atoms with Crippen LogP contribution in [0, 0.1) is 11.7 Å². The number of carbonyl (C=O) groups excluding carboxylic acids is 1. The van der Waals surface area contributed by atoms with E-state index in [-0.39, 0.29) is 18.2 Å². The number of likely N-dealkylation sites (tertiary alicyclic amines) is 1. The van der Waals surface area contributed by atoms with Crippen molar-refractivity contribution in [1.82, 2.24) is 4.90 Å². The SMILES string of the molecule is O=C(Cc1ccc(F)cc1)CN1CCC(CO)CC1. The fraction of sp³-hybridized carbons (Fsp3) is 0.533. The second kappa shape index (κ2) is 6.78. The molecule has 0 saturated carbocycles. The lowest BCUT2D eigenvalue weighted by Gasteiger charge is -2.30. The number of piperidine rings is 1. The predicted molar refractivity (Wildman–Crippen MR) is 71.4 cm³/mol. The van der Waals surface area contributed by atoms with Crippen molar-refractivity contribution in [3.05, 3.63) is 35.6 Å². The average molecular weight is 265 g/mol. The van der Waals surface area contributed by atoms with Crippen molar-refractivity contribution in [1.29, 1.82) is 0 Å². The van der Waals surface area contributed by atoms with Gasteiger partial charge >= 0.3 is 0 Å². The van der Waals surface area contributed by atoms with Gasteiger partial charge in [-0.05, 0) is 49.5 Å². The van der Waals surface area contributed by atoms with Gasteiger partial charge in [-0.2, -0.15) is 0 Å². The number of benzene rings is 1. The minimum Gasteiger partial charge on any atom is -0.396 e. The van der Waals surface area contributed by atoms with Gasteiger partial charge in [-0.15, -0.1) is 0 Å². The third kappa shape index (κ3) is 4.40. The topological polar surface area (TPSA) is 40.5 Å². The second-order valence-electron chi connectivity index (χ2n) is 5.24. The normalized spacial score (nSPS) is 17.6. The van der Waals surface area contributed by atoms with Gasteiger partial charge in [-0.1, -0.05) is 12.1 Å². The number of Topliss-reactive ketones (excluding diaryl/α,β-unsaturated/α-hetero) is 1. The number of aliphatic hydroxyl groups excluding tert-OH is 1. The summed E-state index contributed by atoms with van der Waals surface area (Å²) in [6.07, 6.45) is 2.28. The Morgan fingerprint density at radius 2 is 1.89 bits per heavy atom. The van der Waals surface area contributed by atoms with Gasteiger partial charge in [-0.25, -0.2) is 4.39 Å². The largest absolute Gasteiger partial charge is 0.396 e. The van der Waals surface area contributed by atoms with E-state index in [0.717, 1.165) is 31.5 Å². The summed E-state index contributed by atoms with van der Waals surface area (Å²) in [5.41, 5.74) is 0.858. The number of carbonyl (C=O) groups is 1. The van der Waals surface area contributed by atoms with Crippen molar-refractivity contribution in [3.8, 4) is 0 Å². The number of halogens is 1. The maximum atomic E-state index is 12.8. The Hall–Kier alpha value is -1.26. The van der Waals surface area contributed by atoms with E-state index < -0.39 is 0 Å². The molecule has 0 radical (unpaired) electrons. The summed E-state index contributed by atoms with van der Waals surface area (Å²) in [5.74, 6) is 0.278. The van der Waals surface area contributed by atoms with E-state index >= 15 is 0 Å². The number of aliphatic hydroxyl groups is 1. The van der Waals surface area contributed by atoms with Crippen molar-refractivity contribution in [2.24, 2.45) is 5.92 Å². The third-order valence-electron chi connectivity index (χ3n) is 3.68. The maximum absolute atomic E-state index is 12.8. The molecule has 1 saturated heterocycles. The molecule has 4 heteroatoms. The smallest absolute Gasteiger partial charge is 0.151 e. The van der Waals surface area contributed by atoms with Gasteiger partial charge in [0.1, 0.15) is 5.82 Å². The number of ketones is 1. The molecule has 0 atom stereocenters. The van der Waals surface area contributed by atoms with Crippen LogP contribution in [0.1, 0.15) is 18.4 Å². The van der Waals surface area contributed by atoms with E-state index in [0.29, 0.717) is 18.9 Å². The highest BCUT2D eigenvalue weighted by Crippen LogP contribution is 2.16. The highest BCUT2D eigenvalue weighted by molar-refractivity contribution is 5.82. The van der Waals surface area contributed by atoms with Crippen LogP contribution in [0.3, 0.4) is 0 Å². The third-order valence-corrected chi connectivity index (χ3v) is 3.68. The number of nitrogens with zero attached hydrogens (tertiary/aromatic N) is 1. The first-order valence-corrected chi connectivity index (χ1v) is 6.76. The molecule has 2 rings (SSSR count). The van der Waals surface area contributed by atoms with Crippen molar-refractivity contribution < 1.29 is 14.3 Å². The molecule has 1 fully saturated rings. The second-order valence-corrected chi connectivity index (χ2v) is 5.24. The van der Waals surface area contributed by atoms with Gasteiger partial charge in [0.15, 0.2) is 5.78 Å². The molecule has 1 heterocycles. The van der Waals surface area contributed by atoms with Crippen LogP contribution in [-0.2, 0) is 11.2 Å². The molecule has 19 heavy (non-hydrogen) atoms. The number of rotatable bonds is 5. The first-order chi connectivity index (χ1) is 9.17. The Balaban J connectivity index is 1.77. The van der Waals surface area contributed by atoms with Gasteiger partial charge in [0.25, 0.3) is 0 Å². The molecular formula is C15H20FNO2. The van der Waals surface area contributed by atoms with Crippen LogP contribution in [0.15, 0.2) is 24.3 Å². The van der Waals surface area contributed by atoms with Crippen LogP contribution in [0.2, 0.25) is 0 Å². The Bertz CT molecular complexity index is 411. The summed E-state index contributed by atoms with van der Waals surface area (Å²) >= 11 is 0. The predicted octanol–water partition coefficient (Wildman–Crippen LogP) is 1.64. The molecule has 1 aliphatic rings. The highest BCUT2D eigenvalue weighted by atomic mass is 19.1. The Kier molecular flexibility index (Phi) is 5.05. The first kappa shape index (κ1) is 14.2. The molecule has 0 unspecified atom stereocenters. The Morgan fingerprint density at radius 1 is 1.26 bits per heavy atom. The zero-order chi connectivity index (χ0) is 13.7. The molecule has 1 N–H and O–H groups in total. The van der Waals surface area contributed by atoms with Crippen molar-refractivity contribution in [3.63, 3.8) is 0 Å². The molecule has 0 aliphatic carbocycles. The Morgan fingerprint density at radius 3 is 2.47 bits per heavy atom. The average Bonchev–Trinajstić information content (AvgIpc) is 2.42. The lowest BCUT2D eigenvalue weighted by molar-refractivity contribution is -0.119. The quantitative estimate of drug-likeness (QED) is 0.880. The molecule has 1 aromatic carbocycles. The van der Waals surface area contributed by atoms with Gasteiger partial charge in [0, 0.05) is 13.0 Å². The van der Waals surface area contributed by atoms with Crippen molar-refractivity contribution in [2.75, 3.05) is 26.2 Å². The maximum Gasteiger partial charge on any atom is 0.151 e. The van der Waals surface area contributed by atoms with E-state index in [1.165, 1.54) is 12.1 Å². The number of hydrogen-bond donors (Lipinski definition) is 1. The van der Waals surface area contributed by atoms with Gasteiger partial charge < -0.3 is 5.11 Å². The molecule has 0 aromatic heterocycles. The van der Waals surface area contributed by atoms with Gasteiger partial charge in [0.2, 0.25) is 0 Å². The fourth-order valence-electron chi connectivity index (χ4n) is 2.46. The zero-order valence-electron chi connectivity index (χ0n) is 11.0. The summed E-state index contributed by atoms with van der Waals surface area (Å²) in [4.78, 5) is 14.1. The molecule has 1 aliphatic heterocycles. The lowest BCUT2D eigenvalue weighted by Crippen LogP contribution is -2.38.